The van der Waals surface area contributed by atoms with E-state index in [9.17, 15) is 9.90 Å². The summed E-state index contributed by atoms with van der Waals surface area (Å²) in [6, 6.07) is 1.54. The van der Waals surface area contributed by atoms with Gasteiger partial charge in [-0.05, 0) is 27.7 Å². The number of aryl methyl sites for hydroxylation is 1. The van der Waals surface area contributed by atoms with Gasteiger partial charge >= 0.3 is 6.09 Å². The van der Waals surface area contributed by atoms with Gasteiger partial charge in [-0.25, -0.2) is 9.78 Å². The fourth-order valence-corrected chi connectivity index (χ4v) is 2.42. The van der Waals surface area contributed by atoms with E-state index in [1.54, 1.807) is 0 Å². The molecule has 1 amide bonds. The number of aliphatic hydroxyl groups is 1. The minimum absolute atomic E-state index is 0.221. The first-order chi connectivity index (χ1) is 11.0. The Labute approximate surface area is 142 Å². The Morgan fingerprint density at radius 3 is 2.62 bits per heavy atom. The number of carbonyl (C=O) groups is 1. The zero-order chi connectivity index (χ0) is 18.1. The van der Waals surface area contributed by atoms with E-state index in [0.717, 1.165) is 11.5 Å². The summed E-state index contributed by atoms with van der Waals surface area (Å²) in [4.78, 5) is 24.3. The second-order valence-electron chi connectivity index (χ2n) is 7.29. The molecule has 0 saturated carbocycles. The van der Waals surface area contributed by atoms with Crippen LogP contribution >= 0.6 is 0 Å². The van der Waals surface area contributed by atoms with E-state index in [0.29, 0.717) is 12.5 Å². The van der Waals surface area contributed by atoms with Crippen molar-refractivity contribution in [2.45, 2.75) is 45.4 Å². The van der Waals surface area contributed by atoms with Crippen molar-refractivity contribution in [3.8, 4) is 0 Å². The Hall–Kier alpha value is -2.09. The van der Waals surface area contributed by atoms with E-state index in [4.69, 9.17) is 4.74 Å². The highest BCUT2D eigenvalue weighted by molar-refractivity contribution is 5.69. The molecule has 2 N–H and O–H groups in total. The van der Waals surface area contributed by atoms with Gasteiger partial charge in [0, 0.05) is 32.4 Å². The average Bonchev–Trinajstić information content (AvgIpc) is 2.77. The highest BCUT2D eigenvalue weighted by atomic mass is 16.6. The molecule has 0 aromatic carbocycles. The number of amides is 1. The largest absolute Gasteiger partial charge is 0.444 e. The Morgan fingerprint density at radius 2 is 2.04 bits per heavy atom. The van der Waals surface area contributed by atoms with Crippen molar-refractivity contribution in [1.29, 1.82) is 0 Å². The van der Waals surface area contributed by atoms with E-state index in [1.165, 1.54) is 4.90 Å². The highest BCUT2D eigenvalue weighted by Gasteiger charge is 2.36. The number of likely N-dealkylation sites (tertiary alicyclic amines) is 1. The van der Waals surface area contributed by atoms with E-state index in [1.807, 2.05) is 52.8 Å². The zero-order valence-electron chi connectivity index (χ0n) is 15.2. The molecule has 0 unspecified atom stereocenters. The number of ether oxygens (including phenoxy) is 1. The molecular weight excluding hydrogens is 310 g/mol. The maximum atomic E-state index is 12.1. The number of hydrogen-bond acceptors (Lipinski definition) is 7. The Kier molecular flexibility index (Phi) is 5.17. The quantitative estimate of drug-likeness (QED) is 0.857. The predicted octanol–water partition coefficient (Wildman–Crippen LogP) is 1.24. The maximum absolute atomic E-state index is 12.1. The molecule has 1 saturated heterocycles. The number of hydrogen-bond donors (Lipinski definition) is 2. The van der Waals surface area contributed by atoms with Crippen molar-refractivity contribution < 1.29 is 14.6 Å². The number of aliphatic hydroxyl groups excluding tert-OH is 1. The second-order valence-corrected chi connectivity index (χ2v) is 7.29. The highest BCUT2D eigenvalue weighted by Crippen LogP contribution is 2.19. The maximum Gasteiger partial charge on any atom is 0.410 e. The molecule has 0 radical (unpaired) electrons. The van der Waals surface area contributed by atoms with Crippen LogP contribution in [-0.4, -0.2) is 71.0 Å². The summed E-state index contributed by atoms with van der Waals surface area (Å²) < 4.78 is 5.35. The van der Waals surface area contributed by atoms with E-state index < -0.39 is 17.8 Å². The molecule has 1 aromatic rings. The number of nitrogens with zero attached hydrogens (tertiary/aromatic N) is 4. The topological polar surface area (TPSA) is 90.8 Å². The van der Waals surface area contributed by atoms with E-state index in [-0.39, 0.29) is 12.6 Å². The normalized spacial score (nSPS) is 20.9. The summed E-state index contributed by atoms with van der Waals surface area (Å²) in [7, 11) is 3.81. The van der Waals surface area contributed by atoms with Gasteiger partial charge < -0.3 is 25.0 Å². The van der Waals surface area contributed by atoms with Gasteiger partial charge in [0.1, 0.15) is 11.4 Å². The fourth-order valence-electron chi connectivity index (χ4n) is 2.42. The summed E-state index contributed by atoms with van der Waals surface area (Å²) in [5, 5.41) is 13.4. The van der Waals surface area contributed by atoms with Gasteiger partial charge in [0.2, 0.25) is 5.95 Å². The number of nitrogens with one attached hydrogen (secondary N) is 1. The van der Waals surface area contributed by atoms with E-state index >= 15 is 0 Å². The third-order valence-corrected chi connectivity index (χ3v) is 3.55. The summed E-state index contributed by atoms with van der Waals surface area (Å²) in [5.41, 5.74) is 0.265. The molecule has 0 aliphatic carbocycles. The zero-order valence-corrected chi connectivity index (χ0v) is 15.2. The predicted molar refractivity (Wildman–Crippen MR) is 92.3 cm³/mol. The molecule has 2 heterocycles. The lowest BCUT2D eigenvalue weighted by atomic mass is 10.2. The first-order valence-corrected chi connectivity index (χ1v) is 8.00. The molecule has 1 aliphatic rings. The Bertz CT molecular complexity index is 600. The molecular formula is C16H27N5O3. The lowest BCUT2D eigenvalue weighted by molar-refractivity contribution is 0.0270. The van der Waals surface area contributed by atoms with Gasteiger partial charge in [-0.1, -0.05) is 0 Å². The molecule has 1 aromatic heterocycles. The number of rotatable bonds is 3. The van der Waals surface area contributed by atoms with Gasteiger partial charge in [-0.2, -0.15) is 4.98 Å². The minimum Gasteiger partial charge on any atom is -0.444 e. The molecule has 134 valence electrons. The van der Waals surface area contributed by atoms with Crippen LogP contribution < -0.4 is 10.2 Å². The van der Waals surface area contributed by atoms with Crippen molar-refractivity contribution in [1.82, 2.24) is 14.9 Å². The standard InChI is InChI=1S/C16H27N5O3/c1-10-7-13(20(5)6)19-14(17-10)18-11-8-21(9-12(11)22)15(23)24-16(2,3)4/h7,11-12,22H,8-9H2,1-6H3,(H,17,18,19)/t11-,12-/m1/s1. The van der Waals surface area contributed by atoms with Crippen LogP contribution in [0.3, 0.4) is 0 Å². The van der Waals surface area contributed by atoms with Crippen LogP contribution in [-0.2, 0) is 4.74 Å². The van der Waals surface area contributed by atoms with Crippen LogP contribution in [0.1, 0.15) is 26.5 Å². The van der Waals surface area contributed by atoms with Crippen LogP contribution in [0.25, 0.3) is 0 Å². The van der Waals surface area contributed by atoms with Crippen molar-refractivity contribution >= 4 is 17.9 Å². The van der Waals surface area contributed by atoms with Gasteiger partial charge in [-0.15, -0.1) is 0 Å². The molecule has 24 heavy (non-hydrogen) atoms. The number of β-amino-alcohol motifs (C(OH)–C–C–N with tert-alkyl or cyclic N) is 1. The molecule has 1 fully saturated rings. The summed E-state index contributed by atoms with van der Waals surface area (Å²) in [6.45, 7) is 7.89. The van der Waals surface area contributed by atoms with E-state index in [2.05, 4.69) is 15.3 Å². The van der Waals surface area contributed by atoms with Crippen LogP contribution in [0, 0.1) is 6.92 Å². The Balaban J connectivity index is 2.05. The third-order valence-electron chi connectivity index (χ3n) is 3.55. The van der Waals surface area contributed by atoms with Crippen LogP contribution in [0.5, 0.6) is 0 Å². The SMILES string of the molecule is Cc1cc(N(C)C)nc(N[C@@H]2CN(C(=O)OC(C)(C)C)C[C@H]2O)n1. The summed E-state index contributed by atoms with van der Waals surface area (Å²) in [6.07, 6.45) is -1.13. The molecule has 2 atom stereocenters. The van der Waals surface area contributed by atoms with Gasteiger partial charge in [-0.3, -0.25) is 0 Å². The van der Waals surface area contributed by atoms with Gasteiger partial charge in [0.05, 0.1) is 18.7 Å². The van der Waals surface area contributed by atoms with Crippen LogP contribution in [0.15, 0.2) is 6.07 Å². The lowest BCUT2D eigenvalue weighted by Crippen LogP contribution is -2.36. The first-order valence-electron chi connectivity index (χ1n) is 8.00. The number of aromatic nitrogens is 2. The van der Waals surface area contributed by atoms with Crippen molar-refractivity contribution in [3.05, 3.63) is 11.8 Å². The monoisotopic (exact) mass is 337 g/mol. The van der Waals surface area contributed by atoms with Gasteiger partial charge in [0.25, 0.3) is 0 Å². The molecule has 2 rings (SSSR count). The van der Waals surface area contributed by atoms with Gasteiger partial charge in [0.15, 0.2) is 0 Å². The average molecular weight is 337 g/mol. The van der Waals surface area contributed by atoms with Crippen molar-refractivity contribution in [2.24, 2.45) is 0 Å². The second kappa shape index (κ2) is 6.80. The van der Waals surface area contributed by atoms with Crippen molar-refractivity contribution in [2.75, 3.05) is 37.4 Å². The lowest BCUT2D eigenvalue weighted by Gasteiger charge is -2.24. The molecule has 0 spiro atoms. The molecule has 1 aliphatic heterocycles. The van der Waals surface area contributed by atoms with Crippen molar-refractivity contribution in [3.63, 3.8) is 0 Å². The summed E-state index contributed by atoms with van der Waals surface area (Å²) >= 11 is 0. The number of anilines is 2. The third kappa shape index (κ3) is 4.70. The van der Waals surface area contributed by atoms with Crippen LogP contribution in [0.4, 0.5) is 16.6 Å². The fraction of sp³-hybridized carbons (Fsp3) is 0.688. The first kappa shape index (κ1) is 18.3. The smallest absolute Gasteiger partial charge is 0.410 e. The molecule has 8 nitrogen and oxygen atoms in total. The minimum atomic E-state index is -0.704. The molecule has 8 heteroatoms. The number of carbonyl (C=O) groups excluding carboxylic acids is 1. The van der Waals surface area contributed by atoms with Crippen LogP contribution in [0.2, 0.25) is 0 Å². The molecule has 0 bridgehead atoms. The summed E-state index contributed by atoms with van der Waals surface area (Å²) in [5.74, 6) is 1.22. The Morgan fingerprint density at radius 1 is 1.38 bits per heavy atom.